The Morgan fingerprint density at radius 2 is 2.24 bits per heavy atom. The molecule has 2 aromatic heterocycles. The highest BCUT2D eigenvalue weighted by molar-refractivity contribution is 7.99. The summed E-state index contributed by atoms with van der Waals surface area (Å²) in [6.07, 6.45) is 1.06. The number of benzene rings is 1. The molecular formula is C18H15FN2OS3. The molecule has 0 spiro atoms. The average molecular weight is 391 g/mol. The van der Waals surface area contributed by atoms with Crippen molar-refractivity contribution < 1.29 is 9.18 Å². The first-order chi connectivity index (χ1) is 12.2. The third-order valence-electron chi connectivity index (χ3n) is 3.97. The number of thiazole rings is 1. The van der Waals surface area contributed by atoms with Crippen LogP contribution in [0.1, 0.15) is 23.7 Å². The summed E-state index contributed by atoms with van der Waals surface area (Å²) < 4.78 is 13.6. The zero-order valence-corrected chi connectivity index (χ0v) is 15.6. The van der Waals surface area contributed by atoms with E-state index >= 15 is 0 Å². The van der Waals surface area contributed by atoms with E-state index in [0.717, 1.165) is 38.2 Å². The Hall–Kier alpha value is -1.70. The predicted octanol–water partition coefficient (Wildman–Crippen LogP) is 4.91. The number of aromatic nitrogens is 1. The van der Waals surface area contributed by atoms with Crippen LogP contribution in [0.5, 0.6) is 0 Å². The second-order valence-electron chi connectivity index (χ2n) is 5.74. The molecule has 0 saturated heterocycles. The predicted molar refractivity (Wildman–Crippen MR) is 102 cm³/mol. The van der Waals surface area contributed by atoms with E-state index in [0.29, 0.717) is 0 Å². The molecule has 1 amide bonds. The van der Waals surface area contributed by atoms with E-state index in [-0.39, 0.29) is 24.2 Å². The number of carbonyl (C=O) groups excluding carboxylic acids is 1. The molecule has 1 atom stereocenters. The number of halogens is 1. The van der Waals surface area contributed by atoms with Crippen LogP contribution >= 0.6 is 34.4 Å². The second-order valence-corrected chi connectivity index (χ2v) is 8.68. The van der Waals surface area contributed by atoms with E-state index in [1.54, 1.807) is 40.5 Å². The van der Waals surface area contributed by atoms with Gasteiger partial charge in [-0.05, 0) is 41.6 Å². The number of fused-ring (bicyclic) bond motifs is 1. The SMILES string of the molecule is O=C(Cc1csc(-c2cccs2)n1)NC1CCSc2ccc(F)cc21. The third-order valence-corrected chi connectivity index (χ3v) is 7.02. The highest BCUT2D eigenvalue weighted by Crippen LogP contribution is 2.36. The number of nitrogens with one attached hydrogen (secondary N) is 1. The molecule has 1 aromatic carbocycles. The van der Waals surface area contributed by atoms with Crippen LogP contribution in [0.25, 0.3) is 9.88 Å². The Kier molecular flexibility index (Phi) is 4.87. The van der Waals surface area contributed by atoms with Crippen LogP contribution in [0, 0.1) is 5.82 Å². The molecule has 3 aromatic rings. The quantitative estimate of drug-likeness (QED) is 0.688. The lowest BCUT2D eigenvalue weighted by atomic mass is 10.0. The van der Waals surface area contributed by atoms with Crippen molar-refractivity contribution in [2.45, 2.75) is 23.8 Å². The number of carbonyl (C=O) groups is 1. The van der Waals surface area contributed by atoms with Crippen LogP contribution in [0.3, 0.4) is 0 Å². The van der Waals surface area contributed by atoms with E-state index in [4.69, 9.17) is 0 Å². The van der Waals surface area contributed by atoms with Crippen molar-refractivity contribution in [2.75, 3.05) is 5.75 Å². The van der Waals surface area contributed by atoms with Gasteiger partial charge in [-0.15, -0.1) is 34.4 Å². The van der Waals surface area contributed by atoms with E-state index in [9.17, 15) is 9.18 Å². The normalized spacial score (nSPS) is 16.4. The summed E-state index contributed by atoms with van der Waals surface area (Å²) in [4.78, 5) is 19.1. The summed E-state index contributed by atoms with van der Waals surface area (Å²) in [6.45, 7) is 0. The minimum Gasteiger partial charge on any atom is -0.349 e. The van der Waals surface area contributed by atoms with Crippen molar-refractivity contribution in [3.8, 4) is 9.88 Å². The Morgan fingerprint density at radius 1 is 1.32 bits per heavy atom. The molecule has 0 radical (unpaired) electrons. The van der Waals surface area contributed by atoms with E-state index in [1.165, 1.54) is 12.1 Å². The third kappa shape index (κ3) is 3.78. The molecule has 0 saturated carbocycles. The summed E-state index contributed by atoms with van der Waals surface area (Å²) in [6, 6.07) is 8.68. The van der Waals surface area contributed by atoms with Crippen molar-refractivity contribution in [3.63, 3.8) is 0 Å². The van der Waals surface area contributed by atoms with Crippen LogP contribution in [0.4, 0.5) is 4.39 Å². The van der Waals surface area contributed by atoms with Crippen LogP contribution in [-0.4, -0.2) is 16.6 Å². The number of hydrogen-bond donors (Lipinski definition) is 1. The molecule has 4 rings (SSSR count). The highest BCUT2D eigenvalue weighted by atomic mass is 32.2. The lowest BCUT2D eigenvalue weighted by Crippen LogP contribution is -2.31. The fourth-order valence-corrected chi connectivity index (χ4v) is 5.57. The molecule has 1 unspecified atom stereocenters. The summed E-state index contributed by atoms with van der Waals surface area (Å²) in [5.74, 6) is 0.582. The number of nitrogens with zero attached hydrogens (tertiary/aromatic N) is 1. The van der Waals surface area contributed by atoms with Gasteiger partial charge in [-0.2, -0.15) is 0 Å². The molecule has 1 aliphatic rings. The molecule has 25 heavy (non-hydrogen) atoms. The first-order valence-corrected chi connectivity index (χ1v) is 10.6. The highest BCUT2D eigenvalue weighted by Gasteiger charge is 2.23. The summed E-state index contributed by atoms with van der Waals surface area (Å²) in [5, 5.41) is 7.93. The van der Waals surface area contributed by atoms with Crippen LogP contribution in [0.2, 0.25) is 0 Å². The first-order valence-electron chi connectivity index (χ1n) is 7.89. The zero-order chi connectivity index (χ0) is 17.2. The number of thioether (sulfide) groups is 1. The van der Waals surface area contributed by atoms with E-state index in [1.807, 2.05) is 22.9 Å². The maximum absolute atomic E-state index is 13.6. The van der Waals surface area contributed by atoms with Crippen molar-refractivity contribution in [2.24, 2.45) is 0 Å². The van der Waals surface area contributed by atoms with Gasteiger partial charge in [0.25, 0.3) is 0 Å². The van der Waals surface area contributed by atoms with Gasteiger partial charge < -0.3 is 5.32 Å². The molecule has 0 aliphatic carbocycles. The summed E-state index contributed by atoms with van der Waals surface area (Å²) in [5.41, 5.74) is 1.65. The average Bonchev–Trinajstić information content (AvgIpc) is 3.26. The Balaban J connectivity index is 1.44. The van der Waals surface area contributed by atoms with Gasteiger partial charge in [0.1, 0.15) is 10.8 Å². The lowest BCUT2D eigenvalue weighted by Gasteiger charge is -2.25. The van der Waals surface area contributed by atoms with Gasteiger partial charge in [-0.25, -0.2) is 9.37 Å². The molecule has 3 nitrogen and oxygen atoms in total. The van der Waals surface area contributed by atoms with E-state index < -0.39 is 0 Å². The number of amides is 1. The van der Waals surface area contributed by atoms with Gasteiger partial charge in [0.05, 0.1) is 23.0 Å². The molecule has 3 heterocycles. The molecule has 0 bridgehead atoms. The maximum atomic E-state index is 13.6. The van der Waals surface area contributed by atoms with Crippen molar-refractivity contribution in [3.05, 3.63) is 58.2 Å². The van der Waals surface area contributed by atoms with Gasteiger partial charge >= 0.3 is 0 Å². The van der Waals surface area contributed by atoms with E-state index in [2.05, 4.69) is 10.3 Å². The second kappa shape index (κ2) is 7.27. The maximum Gasteiger partial charge on any atom is 0.226 e. The fraction of sp³-hybridized carbons (Fsp3) is 0.222. The smallest absolute Gasteiger partial charge is 0.226 e. The molecule has 7 heteroatoms. The van der Waals surface area contributed by atoms with Crippen LogP contribution in [0.15, 0.2) is 46.0 Å². The van der Waals surface area contributed by atoms with Crippen molar-refractivity contribution >= 4 is 40.3 Å². The van der Waals surface area contributed by atoms with Crippen LogP contribution < -0.4 is 5.32 Å². The number of rotatable bonds is 4. The van der Waals surface area contributed by atoms with Gasteiger partial charge in [0.2, 0.25) is 5.91 Å². The Bertz CT molecular complexity index is 892. The zero-order valence-electron chi connectivity index (χ0n) is 13.2. The summed E-state index contributed by atoms with van der Waals surface area (Å²) in [7, 11) is 0. The molecule has 1 N–H and O–H groups in total. The van der Waals surface area contributed by atoms with Gasteiger partial charge in [-0.1, -0.05) is 6.07 Å². The standard InChI is InChI=1S/C18H15FN2OS3/c19-11-3-4-15-13(8-11)14(5-7-24-15)21-17(22)9-12-10-25-18(20-12)16-2-1-6-23-16/h1-4,6,8,10,14H,5,7,9H2,(H,21,22). The minimum absolute atomic E-state index is 0.0739. The van der Waals surface area contributed by atoms with Crippen LogP contribution in [-0.2, 0) is 11.2 Å². The molecule has 1 aliphatic heterocycles. The Morgan fingerprint density at radius 3 is 3.08 bits per heavy atom. The van der Waals surface area contributed by atoms with Gasteiger partial charge in [0, 0.05) is 16.0 Å². The number of thiophene rings is 1. The summed E-state index contributed by atoms with van der Waals surface area (Å²) >= 11 is 4.90. The monoisotopic (exact) mass is 390 g/mol. The first kappa shape index (κ1) is 16.8. The van der Waals surface area contributed by atoms with Gasteiger partial charge in [0.15, 0.2) is 0 Å². The Labute approximate surface area is 157 Å². The van der Waals surface area contributed by atoms with Crippen molar-refractivity contribution in [1.29, 1.82) is 0 Å². The fourth-order valence-electron chi connectivity index (χ4n) is 2.83. The molecule has 128 valence electrons. The van der Waals surface area contributed by atoms with Gasteiger partial charge in [-0.3, -0.25) is 4.79 Å². The lowest BCUT2D eigenvalue weighted by molar-refractivity contribution is -0.121. The molecule has 0 fully saturated rings. The largest absolute Gasteiger partial charge is 0.349 e. The molecular weight excluding hydrogens is 375 g/mol. The topological polar surface area (TPSA) is 42.0 Å². The van der Waals surface area contributed by atoms with Crippen molar-refractivity contribution in [1.82, 2.24) is 10.3 Å². The number of hydrogen-bond acceptors (Lipinski definition) is 5. The minimum atomic E-state index is -0.263.